The molecule has 18 aromatic rings. The van der Waals surface area contributed by atoms with Gasteiger partial charge in [0.2, 0.25) is 11.6 Å². The van der Waals surface area contributed by atoms with E-state index in [9.17, 15) is 24.3 Å². The number of likely N-dealkylation sites (N-methyl/N-ethyl adjacent to an activating group) is 1. The Morgan fingerprint density at radius 3 is 1.17 bits per heavy atom. The number of aliphatic hydroxyl groups is 1. The van der Waals surface area contributed by atoms with Crippen LogP contribution in [0.2, 0.25) is 0 Å². The van der Waals surface area contributed by atoms with Gasteiger partial charge in [-0.2, -0.15) is 0 Å². The predicted molar refractivity (Wildman–Crippen MR) is 568 cm³/mol. The third kappa shape index (κ3) is 23.0. The lowest BCUT2D eigenvalue weighted by molar-refractivity contribution is -0.130. The van der Waals surface area contributed by atoms with Crippen molar-refractivity contribution in [3.63, 3.8) is 0 Å². The number of ketones is 1. The summed E-state index contributed by atoms with van der Waals surface area (Å²) in [7, 11) is 3.24. The molecule has 0 unspecified atom stereocenters. The Morgan fingerprint density at radius 1 is 0.438 bits per heavy atom. The minimum atomic E-state index is -0.383. The summed E-state index contributed by atoms with van der Waals surface area (Å²) in [5, 5.41) is 15.1. The second-order valence-electron chi connectivity index (χ2n) is 33.5. The highest BCUT2D eigenvalue weighted by Crippen LogP contribution is 2.43. The number of rotatable bonds is 26. The van der Waals surface area contributed by atoms with E-state index < -0.39 is 0 Å². The highest BCUT2D eigenvalue weighted by Gasteiger charge is 2.28. The number of para-hydroxylation sites is 3. The first-order chi connectivity index (χ1) is 71.1. The van der Waals surface area contributed by atoms with Crippen LogP contribution >= 0.6 is 0 Å². The first kappa shape index (κ1) is 99.2. The Morgan fingerprint density at radius 2 is 0.801 bits per heavy atom. The Kier molecular flexibility index (Phi) is 31.5. The molecule has 32 nitrogen and oxygen atoms in total. The number of Topliss-reactive ketones (excluding diaryl/α,β-unsaturated/α-hetero) is 1. The summed E-state index contributed by atoms with van der Waals surface area (Å²) in [6.45, 7) is 38.0. The molecule has 0 radical (unpaired) electrons. The van der Waals surface area contributed by atoms with Gasteiger partial charge in [-0.25, -0.2) is 59.3 Å². The molecule has 146 heavy (non-hydrogen) atoms. The number of nitrogens with one attached hydrogen (secondary N) is 1. The predicted octanol–water partition coefficient (Wildman–Crippen LogP) is 20.9. The lowest BCUT2D eigenvalue weighted by Gasteiger charge is -2.26. The molecular weight excluding hydrogens is 1840 g/mol. The maximum atomic E-state index is 13.1. The van der Waals surface area contributed by atoms with Gasteiger partial charge < -0.3 is 85.2 Å². The first-order valence-corrected chi connectivity index (χ1v) is 46.3. The van der Waals surface area contributed by atoms with Gasteiger partial charge in [0, 0.05) is 110 Å². The highest BCUT2D eigenvalue weighted by molar-refractivity contribution is 6.09. The molecule has 10 N–H and O–H groups in total. The van der Waals surface area contributed by atoms with Crippen LogP contribution in [-0.2, 0) is 30.5 Å². The molecule has 1 saturated heterocycles. The number of amides is 3. The summed E-state index contributed by atoms with van der Waals surface area (Å²) in [6.07, 6.45) is 19.2. The smallest absolute Gasteiger partial charge is 0.253 e. The maximum Gasteiger partial charge on any atom is 0.253 e. The van der Waals surface area contributed by atoms with Gasteiger partial charge >= 0.3 is 0 Å². The van der Waals surface area contributed by atoms with E-state index in [0.29, 0.717) is 103 Å². The minimum absolute atomic E-state index is 0.00449. The standard InChI is InChI=1S/C31H26N6O2.C30H24N6O2.C29H21N5O2.C24H26N6O3/c1-3-16-34-31(38)27(33-2)18-21-8-7-9-23(17-21)37-19-26(28-29(32)35-20-36-30(28)37)22-12-14-25(15-13-22)39-24-10-5-4-6-11-24;1-32-26(30(37)35(2)3)17-20-8-7-9-22(16-20)36-18-25(27-28(31)33-19-34-29(27)36)21-12-14-24(15-13-21)38-23-10-5-4-6-11-23;1-19(35)26(31-2)16-20-7-6-8-22(15-20)34-17-25(27-28(30)32-18-33-29(27)34)21-11-13-24(14-12-21)36-23-9-4-3-5-10-23;1-16-4-6-17(7-5-16)20-19(14-18(26-2)24(32)29-9-12-33-13-10-29)30(8-3-11-31)23-21(20)22(25)27-15-28-23/h4-15,17-20H,3,16H2,1H3,(H,34,38)(H2,32,35,36);4-19H,2-3H3,(H2,31,33,34);3-18H,1H3,(H2,30,32,33);4-7,14-15,31H,3,8-13H2,1H3,(H2,25,27,28)/b27-18-;26-17-;26-16-;18-14-. The van der Waals surface area contributed by atoms with E-state index >= 15 is 0 Å². The first-order valence-electron chi connectivity index (χ1n) is 46.3. The van der Waals surface area contributed by atoms with Crippen molar-refractivity contribution in [1.82, 2.24) is 73.3 Å². The third-order valence-corrected chi connectivity index (χ3v) is 23.4. The monoisotopic (exact) mass is 1930 g/mol. The minimum Gasteiger partial charge on any atom is -0.457 e. The number of aromatic nitrogens is 12. The summed E-state index contributed by atoms with van der Waals surface area (Å²) >= 11 is 0. The number of allylic oxidation sites excluding steroid dienone is 1. The molecule has 10 aromatic carbocycles. The number of ether oxygens (including phenoxy) is 4. The SMILES string of the molecule is [C-]#[N+]/C(=C\c1c(-c2ccc(C)cc2)c2c(N)ncnc2n1CCCO)C(=O)N1CCOCC1.[C-]#[N+]/C(=C\c1cccc(-n2cc(-c3ccc(Oc4ccccc4)cc3)c3c(N)ncnc32)c1)C(=O)N(C)C.[C-]#[N+]/C(=C\c1cccc(-n2cc(-c3ccc(Oc4ccccc4)cc3)c3c(N)ncnc32)c1)C(=O)NCCC.[C-]#[N+]/C(=C\c1cccc(-n2cc(-c3ccc(Oc4ccccc4)cc3)c3c(N)ncnc32)c1)C(C)=O. The number of morpholine rings is 1. The molecule has 0 spiro atoms. The summed E-state index contributed by atoms with van der Waals surface area (Å²) in [5.74, 6) is 4.54. The molecule has 8 aromatic heterocycles. The lowest BCUT2D eigenvalue weighted by Crippen LogP contribution is -2.41. The van der Waals surface area contributed by atoms with Gasteiger partial charge in [0.05, 0.1) is 61.0 Å². The summed E-state index contributed by atoms with van der Waals surface area (Å²) in [4.78, 5) is 101. The lowest BCUT2D eigenvalue weighted by atomic mass is 10.0. The van der Waals surface area contributed by atoms with Gasteiger partial charge in [-0.05, 0) is 199 Å². The van der Waals surface area contributed by atoms with E-state index in [0.717, 1.165) is 141 Å². The fraction of sp³-hybridized carbons (Fsp3) is 0.123. The van der Waals surface area contributed by atoms with Crippen LogP contribution in [0, 0.1) is 33.2 Å². The van der Waals surface area contributed by atoms with Crippen molar-refractivity contribution in [1.29, 1.82) is 0 Å². The van der Waals surface area contributed by atoms with E-state index in [4.69, 9.17) is 68.2 Å². The Hall–Kier alpha value is -19.8. The number of carbonyl (C=O) groups is 4. The molecule has 0 bridgehead atoms. The van der Waals surface area contributed by atoms with Crippen molar-refractivity contribution in [3.05, 3.63) is 401 Å². The van der Waals surface area contributed by atoms with Crippen molar-refractivity contribution in [3.8, 4) is 96.1 Å². The number of carbonyl (C=O) groups excluding carboxylic acids is 4. The number of benzene rings is 10. The molecule has 0 atom stereocenters. The Bertz CT molecular complexity index is 8190. The van der Waals surface area contributed by atoms with Gasteiger partial charge in [0.25, 0.3) is 28.9 Å². The van der Waals surface area contributed by atoms with Crippen molar-refractivity contribution in [2.45, 2.75) is 40.2 Å². The quantitative estimate of drug-likeness (QED) is 0.0217. The van der Waals surface area contributed by atoms with E-state index in [2.05, 4.69) is 64.6 Å². The number of nitrogens with two attached hydrogens (primary N) is 4. The number of anilines is 4. The molecule has 1 aliphatic rings. The van der Waals surface area contributed by atoms with Crippen LogP contribution in [0.1, 0.15) is 54.6 Å². The summed E-state index contributed by atoms with van der Waals surface area (Å²) in [6, 6.07) is 82.7. The van der Waals surface area contributed by atoms with Gasteiger partial charge in [0.15, 0.2) is 22.7 Å². The van der Waals surface area contributed by atoms with Gasteiger partial charge in [-0.3, -0.25) is 14.4 Å². The number of aryl methyl sites for hydroxylation is 2. The number of nitrogens with zero attached hydrogens (tertiary/aromatic N) is 18. The molecule has 3 amide bonds. The fourth-order valence-corrected chi connectivity index (χ4v) is 16.3. The summed E-state index contributed by atoms with van der Waals surface area (Å²) in [5.41, 5.74) is 41.3. The third-order valence-electron chi connectivity index (χ3n) is 23.4. The van der Waals surface area contributed by atoms with Crippen molar-refractivity contribution < 1.29 is 43.2 Å². The fourth-order valence-electron chi connectivity index (χ4n) is 16.3. The molecule has 722 valence electrons. The molecule has 0 saturated carbocycles. The number of fused-ring (bicyclic) bond motifs is 4. The van der Waals surface area contributed by atoms with Crippen LogP contribution in [0.5, 0.6) is 34.5 Å². The zero-order valence-corrected chi connectivity index (χ0v) is 80.1. The van der Waals surface area contributed by atoms with Gasteiger partial charge in [0.1, 0.15) is 88.7 Å². The van der Waals surface area contributed by atoms with E-state index in [1.807, 2.05) is 312 Å². The molecule has 9 heterocycles. The molecule has 1 aliphatic heterocycles. The van der Waals surface area contributed by atoms with Crippen molar-refractivity contribution in [2.75, 3.05) is 76.5 Å². The van der Waals surface area contributed by atoms with E-state index in [1.54, 1.807) is 43.3 Å². The maximum absolute atomic E-state index is 13.1. The zero-order chi connectivity index (χ0) is 102. The highest BCUT2D eigenvalue weighted by atomic mass is 16.5. The topological polar surface area (TPSA) is 388 Å². The average molecular weight is 1930 g/mol. The molecule has 19 rings (SSSR count). The number of aliphatic hydroxyl groups excluding tert-OH is 1. The second kappa shape index (κ2) is 46.3. The van der Waals surface area contributed by atoms with Crippen LogP contribution in [-0.4, -0.2) is 150 Å². The van der Waals surface area contributed by atoms with Crippen LogP contribution in [0.15, 0.2) is 328 Å². The molecular formula is C114H97N23O9. The van der Waals surface area contributed by atoms with Crippen LogP contribution < -0.4 is 42.5 Å². The molecule has 32 heteroatoms. The average Bonchev–Trinajstić information content (AvgIpc) is 1.60. The molecule has 0 aliphatic carbocycles. The van der Waals surface area contributed by atoms with Gasteiger partial charge in [-0.1, -0.05) is 164 Å². The van der Waals surface area contributed by atoms with Crippen molar-refractivity contribution in [2.24, 2.45) is 0 Å². The zero-order valence-electron chi connectivity index (χ0n) is 80.1. The Balaban J connectivity index is 0.000000139. The normalized spacial score (nSPS) is 12.0. The largest absolute Gasteiger partial charge is 0.457 e. The number of nitrogen functional groups attached to an aromatic ring is 4. The molecule has 1 fully saturated rings. The van der Waals surface area contributed by atoms with Crippen molar-refractivity contribution >= 4 is 115 Å². The van der Waals surface area contributed by atoms with Crippen LogP contribution in [0.4, 0.5) is 23.3 Å². The van der Waals surface area contributed by atoms with E-state index in [-0.39, 0.29) is 52.9 Å². The van der Waals surface area contributed by atoms with E-state index in [1.165, 1.54) is 37.1 Å². The second-order valence-corrected chi connectivity index (χ2v) is 33.5. The van der Waals surface area contributed by atoms with Gasteiger partial charge in [-0.15, -0.1) is 0 Å². The number of hydrogen-bond donors (Lipinski definition) is 6. The number of hydrogen-bond acceptors (Lipinski definition) is 21. The summed E-state index contributed by atoms with van der Waals surface area (Å²) < 4.78 is 30.8. The van der Waals surface area contributed by atoms with Crippen LogP contribution in [0.3, 0.4) is 0 Å². The Labute approximate surface area is 840 Å². The van der Waals surface area contributed by atoms with Crippen LogP contribution in [0.25, 0.3) is 149 Å².